The number of nitrogens with zero attached hydrogens (tertiary/aromatic N) is 1. The van der Waals surface area contributed by atoms with E-state index in [2.05, 4.69) is 4.98 Å². The standard InChI is InChI=1S/C15H12ClF2NO/c1-8-4-12-11(6-14(16)19-15(12)20-7-8)10-3-2-9(17)5-13(10)18/h2-3,5-6,8H,4,7H2,1H3. The minimum atomic E-state index is -0.618. The van der Waals surface area contributed by atoms with Crippen molar-refractivity contribution in [3.05, 3.63) is 46.6 Å². The second kappa shape index (κ2) is 5.02. The summed E-state index contributed by atoms with van der Waals surface area (Å²) in [5.41, 5.74) is 1.74. The van der Waals surface area contributed by atoms with Crippen molar-refractivity contribution >= 4 is 11.6 Å². The Morgan fingerprint density at radius 3 is 2.80 bits per heavy atom. The molecule has 5 heteroatoms. The lowest BCUT2D eigenvalue weighted by molar-refractivity contribution is 0.225. The number of halogens is 3. The van der Waals surface area contributed by atoms with Crippen molar-refractivity contribution in [1.82, 2.24) is 4.98 Å². The van der Waals surface area contributed by atoms with Gasteiger partial charge in [0.2, 0.25) is 5.88 Å². The van der Waals surface area contributed by atoms with Crippen LogP contribution < -0.4 is 4.74 Å². The van der Waals surface area contributed by atoms with Gasteiger partial charge in [0, 0.05) is 17.2 Å². The number of hydrogen-bond donors (Lipinski definition) is 0. The van der Waals surface area contributed by atoms with E-state index < -0.39 is 11.6 Å². The molecule has 2 nitrogen and oxygen atoms in total. The maximum Gasteiger partial charge on any atom is 0.218 e. The fourth-order valence-corrected chi connectivity index (χ4v) is 2.60. The SMILES string of the molecule is CC1COc2nc(Cl)cc(-c3ccc(F)cc3F)c2C1. The summed E-state index contributed by atoms with van der Waals surface area (Å²) < 4.78 is 32.6. The zero-order valence-electron chi connectivity index (χ0n) is 10.8. The first-order valence-corrected chi connectivity index (χ1v) is 6.70. The lowest BCUT2D eigenvalue weighted by Gasteiger charge is -2.24. The van der Waals surface area contributed by atoms with Gasteiger partial charge in [0.05, 0.1) is 6.61 Å². The van der Waals surface area contributed by atoms with Gasteiger partial charge in [0.15, 0.2) is 0 Å². The number of rotatable bonds is 1. The number of aromatic nitrogens is 1. The van der Waals surface area contributed by atoms with Gasteiger partial charge in [-0.2, -0.15) is 0 Å². The molecule has 0 aliphatic carbocycles. The summed E-state index contributed by atoms with van der Waals surface area (Å²) in [7, 11) is 0. The van der Waals surface area contributed by atoms with E-state index in [4.69, 9.17) is 16.3 Å². The monoisotopic (exact) mass is 295 g/mol. The van der Waals surface area contributed by atoms with E-state index in [-0.39, 0.29) is 5.15 Å². The summed E-state index contributed by atoms with van der Waals surface area (Å²) in [5, 5.41) is 0.233. The Morgan fingerprint density at radius 1 is 1.25 bits per heavy atom. The fraction of sp³-hybridized carbons (Fsp3) is 0.267. The molecule has 1 aliphatic heterocycles. The van der Waals surface area contributed by atoms with E-state index in [0.29, 0.717) is 29.5 Å². The molecule has 0 bridgehead atoms. The van der Waals surface area contributed by atoms with Gasteiger partial charge in [-0.05, 0) is 36.1 Å². The third-order valence-electron chi connectivity index (χ3n) is 3.33. The highest BCUT2D eigenvalue weighted by Crippen LogP contribution is 2.37. The minimum Gasteiger partial charge on any atom is -0.477 e. The Hall–Kier alpha value is -1.68. The van der Waals surface area contributed by atoms with Crippen LogP contribution in [0.3, 0.4) is 0 Å². The number of pyridine rings is 1. The van der Waals surface area contributed by atoms with Crippen LogP contribution >= 0.6 is 11.6 Å². The van der Waals surface area contributed by atoms with Gasteiger partial charge in [-0.15, -0.1) is 0 Å². The molecule has 1 aromatic heterocycles. The van der Waals surface area contributed by atoms with E-state index in [1.807, 2.05) is 6.92 Å². The normalized spacial score (nSPS) is 17.5. The minimum absolute atomic E-state index is 0.233. The first-order valence-electron chi connectivity index (χ1n) is 6.32. The van der Waals surface area contributed by atoms with Crippen LogP contribution in [-0.4, -0.2) is 11.6 Å². The third kappa shape index (κ3) is 2.36. The Balaban J connectivity index is 2.20. The first-order chi connectivity index (χ1) is 9.54. The Bertz CT molecular complexity index is 675. The molecule has 1 unspecified atom stereocenters. The van der Waals surface area contributed by atoms with Gasteiger partial charge >= 0.3 is 0 Å². The van der Waals surface area contributed by atoms with Crippen LogP contribution in [0, 0.1) is 17.6 Å². The van der Waals surface area contributed by atoms with E-state index in [9.17, 15) is 8.78 Å². The second-order valence-corrected chi connectivity index (χ2v) is 5.41. The largest absolute Gasteiger partial charge is 0.477 e. The van der Waals surface area contributed by atoms with Gasteiger partial charge in [-0.3, -0.25) is 0 Å². The molecule has 1 atom stereocenters. The lowest BCUT2D eigenvalue weighted by atomic mass is 9.92. The molecule has 0 saturated carbocycles. The summed E-state index contributed by atoms with van der Waals surface area (Å²) in [6, 6.07) is 5.10. The zero-order chi connectivity index (χ0) is 14.3. The number of ether oxygens (including phenoxy) is 1. The van der Waals surface area contributed by atoms with Crippen LogP contribution in [0.25, 0.3) is 11.1 Å². The maximum atomic E-state index is 14.0. The predicted octanol–water partition coefficient (Wildman–Crippen LogP) is 4.25. The van der Waals surface area contributed by atoms with Crippen LogP contribution in [0.2, 0.25) is 5.15 Å². The third-order valence-corrected chi connectivity index (χ3v) is 3.53. The molecule has 3 rings (SSSR count). The molecule has 2 aromatic rings. The molecule has 0 N–H and O–H groups in total. The van der Waals surface area contributed by atoms with E-state index in [0.717, 1.165) is 18.1 Å². The van der Waals surface area contributed by atoms with Gasteiger partial charge in [-0.25, -0.2) is 13.8 Å². The van der Waals surface area contributed by atoms with Gasteiger partial charge in [0.1, 0.15) is 16.8 Å². The molecule has 0 saturated heterocycles. The quantitative estimate of drug-likeness (QED) is 0.734. The molecule has 0 radical (unpaired) electrons. The van der Waals surface area contributed by atoms with E-state index in [1.54, 1.807) is 6.07 Å². The molecule has 20 heavy (non-hydrogen) atoms. The Labute approximate surface area is 120 Å². The average molecular weight is 296 g/mol. The molecule has 0 spiro atoms. The van der Waals surface area contributed by atoms with Crippen molar-refractivity contribution in [3.63, 3.8) is 0 Å². The topological polar surface area (TPSA) is 22.1 Å². The number of fused-ring (bicyclic) bond motifs is 1. The molecule has 1 aromatic carbocycles. The highest BCUT2D eigenvalue weighted by atomic mass is 35.5. The second-order valence-electron chi connectivity index (χ2n) is 5.02. The van der Waals surface area contributed by atoms with Crippen LogP contribution in [-0.2, 0) is 6.42 Å². The van der Waals surface area contributed by atoms with Crippen molar-refractivity contribution in [2.45, 2.75) is 13.3 Å². The van der Waals surface area contributed by atoms with Gasteiger partial charge < -0.3 is 4.74 Å². The van der Waals surface area contributed by atoms with Crippen LogP contribution in [0.1, 0.15) is 12.5 Å². The van der Waals surface area contributed by atoms with Crippen molar-refractivity contribution in [2.75, 3.05) is 6.61 Å². The maximum absolute atomic E-state index is 14.0. The van der Waals surface area contributed by atoms with E-state index in [1.165, 1.54) is 12.1 Å². The smallest absolute Gasteiger partial charge is 0.218 e. The summed E-state index contributed by atoms with van der Waals surface area (Å²) in [6.07, 6.45) is 0.728. The first kappa shape index (κ1) is 13.3. The number of hydrogen-bond acceptors (Lipinski definition) is 2. The van der Waals surface area contributed by atoms with Gasteiger partial charge in [0.25, 0.3) is 0 Å². The summed E-state index contributed by atoms with van der Waals surface area (Å²) in [4.78, 5) is 4.13. The average Bonchev–Trinajstić information content (AvgIpc) is 2.39. The number of benzene rings is 1. The van der Waals surface area contributed by atoms with Crippen molar-refractivity contribution in [3.8, 4) is 17.0 Å². The summed E-state index contributed by atoms with van der Waals surface area (Å²) >= 11 is 5.96. The molecular formula is C15H12ClF2NO. The van der Waals surface area contributed by atoms with Crippen LogP contribution in [0.5, 0.6) is 5.88 Å². The molecular weight excluding hydrogens is 284 g/mol. The van der Waals surface area contributed by atoms with Crippen molar-refractivity contribution < 1.29 is 13.5 Å². The molecule has 1 aliphatic rings. The van der Waals surface area contributed by atoms with Gasteiger partial charge in [-0.1, -0.05) is 18.5 Å². The van der Waals surface area contributed by atoms with Crippen LogP contribution in [0.15, 0.2) is 24.3 Å². The predicted molar refractivity (Wildman–Crippen MR) is 73.0 cm³/mol. The highest BCUT2D eigenvalue weighted by molar-refractivity contribution is 6.29. The summed E-state index contributed by atoms with van der Waals surface area (Å²) in [6.45, 7) is 2.61. The molecule has 2 heterocycles. The molecule has 0 fully saturated rings. The van der Waals surface area contributed by atoms with Crippen LogP contribution in [0.4, 0.5) is 8.78 Å². The van der Waals surface area contributed by atoms with Crippen molar-refractivity contribution in [2.24, 2.45) is 5.92 Å². The molecule has 104 valence electrons. The fourth-order valence-electron chi connectivity index (χ4n) is 2.41. The molecule has 0 amide bonds. The van der Waals surface area contributed by atoms with E-state index >= 15 is 0 Å². The Kier molecular flexibility index (Phi) is 3.34. The lowest BCUT2D eigenvalue weighted by Crippen LogP contribution is -2.20. The zero-order valence-corrected chi connectivity index (χ0v) is 11.5. The summed E-state index contributed by atoms with van der Waals surface area (Å²) in [5.74, 6) is -0.473. The van der Waals surface area contributed by atoms with Crippen molar-refractivity contribution in [1.29, 1.82) is 0 Å². The Morgan fingerprint density at radius 2 is 2.05 bits per heavy atom. The highest BCUT2D eigenvalue weighted by Gasteiger charge is 2.23.